The van der Waals surface area contributed by atoms with E-state index in [1.807, 2.05) is 6.07 Å². The molecule has 0 aromatic carbocycles. The second-order valence-corrected chi connectivity index (χ2v) is 5.81. The highest BCUT2D eigenvalue weighted by Crippen LogP contribution is 2.16. The Hall–Kier alpha value is -0.870. The maximum atomic E-state index is 10.7. The summed E-state index contributed by atoms with van der Waals surface area (Å²) >= 11 is 1.35. The molecule has 0 amide bonds. The number of rotatable bonds is 8. The van der Waals surface area contributed by atoms with Gasteiger partial charge in [-0.2, -0.15) is 0 Å². The minimum Gasteiger partial charge on any atom is -0.477 e. The number of aromatic carboxylic acids is 1. The van der Waals surface area contributed by atoms with E-state index in [9.17, 15) is 4.79 Å². The fraction of sp³-hybridized carbons (Fsp3) is 0.615. The molecule has 0 fully saturated rings. The van der Waals surface area contributed by atoms with Gasteiger partial charge in [-0.1, -0.05) is 26.7 Å². The Labute approximate surface area is 107 Å². The monoisotopic (exact) mass is 255 g/mol. The number of thiophene rings is 1. The first-order valence-corrected chi connectivity index (χ1v) is 6.94. The van der Waals surface area contributed by atoms with E-state index in [0.29, 0.717) is 4.88 Å². The lowest BCUT2D eigenvalue weighted by molar-refractivity contribution is 0.0702. The Morgan fingerprint density at radius 3 is 2.76 bits per heavy atom. The highest BCUT2D eigenvalue weighted by molar-refractivity contribution is 7.13. The van der Waals surface area contributed by atoms with Gasteiger partial charge in [-0.15, -0.1) is 11.3 Å². The van der Waals surface area contributed by atoms with Crippen LogP contribution in [0.1, 0.15) is 47.7 Å². The van der Waals surface area contributed by atoms with E-state index in [1.165, 1.54) is 30.6 Å². The van der Waals surface area contributed by atoms with Gasteiger partial charge in [0, 0.05) is 11.4 Å². The number of hydrogen-bond donors (Lipinski definition) is 2. The summed E-state index contributed by atoms with van der Waals surface area (Å²) in [4.78, 5) is 12.2. The van der Waals surface area contributed by atoms with Crippen LogP contribution in [0.3, 0.4) is 0 Å². The van der Waals surface area contributed by atoms with Gasteiger partial charge >= 0.3 is 5.97 Å². The summed E-state index contributed by atoms with van der Waals surface area (Å²) < 4.78 is 0. The standard InChI is InChI=1S/C13H21NO2S/c1-10(2)5-3-4-8-14-9-11-6-7-12(17-11)13(15)16/h6-7,10,14H,3-5,8-9H2,1-2H3,(H,15,16). The molecule has 0 bridgehead atoms. The predicted octanol–water partition coefficient (Wildman–Crippen LogP) is 3.36. The number of hydrogen-bond acceptors (Lipinski definition) is 3. The molecule has 0 saturated heterocycles. The molecule has 0 radical (unpaired) electrons. The smallest absolute Gasteiger partial charge is 0.345 e. The van der Waals surface area contributed by atoms with E-state index in [-0.39, 0.29) is 0 Å². The third-order valence-corrected chi connectivity index (χ3v) is 3.63. The minimum atomic E-state index is -0.835. The van der Waals surface area contributed by atoms with Crippen molar-refractivity contribution in [2.24, 2.45) is 5.92 Å². The molecule has 4 heteroatoms. The summed E-state index contributed by atoms with van der Waals surface area (Å²) in [6, 6.07) is 3.55. The number of carboxylic acid groups (broad SMARTS) is 1. The molecule has 3 nitrogen and oxygen atoms in total. The third-order valence-electron chi connectivity index (χ3n) is 2.56. The largest absolute Gasteiger partial charge is 0.477 e. The fourth-order valence-corrected chi connectivity index (χ4v) is 2.42. The molecule has 1 rings (SSSR count). The zero-order valence-electron chi connectivity index (χ0n) is 10.5. The molecule has 1 aromatic rings. The molecule has 96 valence electrons. The molecule has 0 saturated carbocycles. The van der Waals surface area contributed by atoms with E-state index >= 15 is 0 Å². The van der Waals surface area contributed by atoms with Crippen LogP contribution < -0.4 is 5.32 Å². The average Bonchev–Trinajstić information content (AvgIpc) is 2.71. The molecule has 0 atom stereocenters. The van der Waals surface area contributed by atoms with Crippen LogP contribution in [-0.4, -0.2) is 17.6 Å². The summed E-state index contributed by atoms with van der Waals surface area (Å²) in [5, 5.41) is 12.1. The second-order valence-electron chi connectivity index (χ2n) is 4.64. The molecule has 2 N–H and O–H groups in total. The van der Waals surface area contributed by atoms with Crippen molar-refractivity contribution in [2.45, 2.75) is 39.7 Å². The van der Waals surface area contributed by atoms with Crippen molar-refractivity contribution in [1.82, 2.24) is 5.32 Å². The van der Waals surface area contributed by atoms with Crippen molar-refractivity contribution in [3.8, 4) is 0 Å². The molecule has 0 aliphatic heterocycles. The van der Waals surface area contributed by atoms with Crippen molar-refractivity contribution in [3.63, 3.8) is 0 Å². The van der Waals surface area contributed by atoms with Gasteiger partial charge < -0.3 is 10.4 Å². The molecule has 0 unspecified atom stereocenters. The molecule has 0 spiro atoms. The molecule has 1 aromatic heterocycles. The van der Waals surface area contributed by atoms with E-state index in [0.717, 1.165) is 23.9 Å². The van der Waals surface area contributed by atoms with Gasteiger partial charge in [-0.25, -0.2) is 4.79 Å². The zero-order chi connectivity index (χ0) is 12.7. The third kappa shape index (κ3) is 5.84. The van der Waals surface area contributed by atoms with Crippen molar-refractivity contribution < 1.29 is 9.90 Å². The van der Waals surface area contributed by atoms with Gasteiger partial charge in [-0.3, -0.25) is 0 Å². The Kier molecular flexibility index (Phi) is 6.22. The Morgan fingerprint density at radius 1 is 1.41 bits per heavy atom. The number of carboxylic acids is 1. The van der Waals surface area contributed by atoms with Crippen LogP contribution in [0.25, 0.3) is 0 Å². The Morgan fingerprint density at radius 2 is 2.18 bits per heavy atom. The summed E-state index contributed by atoms with van der Waals surface area (Å²) in [6.45, 7) is 6.27. The number of nitrogens with one attached hydrogen (secondary N) is 1. The number of unbranched alkanes of at least 4 members (excludes halogenated alkanes) is 1. The second kappa shape index (κ2) is 7.45. The lowest BCUT2D eigenvalue weighted by Gasteiger charge is -2.05. The van der Waals surface area contributed by atoms with Crippen molar-refractivity contribution in [3.05, 3.63) is 21.9 Å². The maximum Gasteiger partial charge on any atom is 0.345 e. The van der Waals surface area contributed by atoms with E-state index in [1.54, 1.807) is 6.07 Å². The van der Waals surface area contributed by atoms with Crippen molar-refractivity contribution in [2.75, 3.05) is 6.54 Å². The SMILES string of the molecule is CC(C)CCCCNCc1ccc(C(=O)O)s1. The van der Waals surface area contributed by atoms with Crippen LogP contribution in [0.15, 0.2) is 12.1 Å². The molecule has 1 heterocycles. The highest BCUT2D eigenvalue weighted by atomic mass is 32.1. The van der Waals surface area contributed by atoms with Crippen molar-refractivity contribution in [1.29, 1.82) is 0 Å². The normalized spacial score (nSPS) is 11.0. The minimum absolute atomic E-state index is 0.418. The van der Waals surface area contributed by atoms with Crippen LogP contribution in [0.2, 0.25) is 0 Å². The summed E-state index contributed by atoms with van der Waals surface area (Å²) in [5.74, 6) is -0.0522. The maximum absolute atomic E-state index is 10.7. The first-order chi connectivity index (χ1) is 8.09. The van der Waals surface area contributed by atoms with Crippen LogP contribution in [0.5, 0.6) is 0 Å². The topological polar surface area (TPSA) is 49.3 Å². The highest BCUT2D eigenvalue weighted by Gasteiger charge is 2.05. The van der Waals surface area contributed by atoms with E-state index in [2.05, 4.69) is 19.2 Å². The zero-order valence-corrected chi connectivity index (χ0v) is 11.3. The van der Waals surface area contributed by atoms with Gasteiger partial charge in [0.15, 0.2) is 0 Å². The first-order valence-electron chi connectivity index (χ1n) is 6.12. The van der Waals surface area contributed by atoms with E-state index in [4.69, 9.17) is 5.11 Å². The Balaban J connectivity index is 2.11. The van der Waals surface area contributed by atoms with Crippen LogP contribution in [0, 0.1) is 5.92 Å². The fourth-order valence-electron chi connectivity index (χ4n) is 1.60. The van der Waals surface area contributed by atoms with Gasteiger partial charge in [0.25, 0.3) is 0 Å². The van der Waals surface area contributed by atoms with Gasteiger partial charge in [0.2, 0.25) is 0 Å². The molecular weight excluding hydrogens is 234 g/mol. The quantitative estimate of drug-likeness (QED) is 0.700. The van der Waals surface area contributed by atoms with Crippen LogP contribution in [-0.2, 0) is 6.54 Å². The summed E-state index contributed by atoms with van der Waals surface area (Å²) in [5.41, 5.74) is 0. The summed E-state index contributed by atoms with van der Waals surface area (Å²) in [6.07, 6.45) is 3.73. The lowest BCUT2D eigenvalue weighted by atomic mass is 10.1. The van der Waals surface area contributed by atoms with Crippen LogP contribution in [0.4, 0.5) is 0 Å². The molecule has 0 aliphatic rings. The molecular formula is C13H21NO2S. The van der Waals surface area contributed by atoms with Crippen LogP contribution >= 0.6 is 11.3 Å². The van der Waals surface area contributed by atoms with E-state index < -0.39 is 5.97 Å². The average molecular weight is 255 g/mol. The van der Waals surface area contributed by atoms with Gasteiger partial charge in [-0.05, 0) is 31.0 Å². The molecule has 0 aliphatic carbocycles. The first kappa shape index (κ1) is 14.2. The van der Waals surface area contributed by atoms with Gasteiger partial charge in [0.05, 0.1) is 0 Å². The predicted molar refractivity (Wildman–Crippen MR) is 71.7 cm³/mol. The number of carbonyl (C=O) groups is 1. The van der Waals surface area contributed by atoms with Crippen molar-refractivity contribution >= 4 is 17.3 Å². The Bertz CT molecular complexity index is 347. The summed E-state index contributed by atoms with van der Waals surface area (Å²) in [7, 11) is 0. The van der Waals surface area contributed by atoms with Gasteiger partial charge in [0.1, 0.15) is 4.88 Å². The lowest BCUT2D eigenvalue weighted by Crippen LogP contribution is -2.13. The molecule has 17 heavy (non-hydrogen) atoms.